The van der Waals surface area contributed by atoms with E-state index in [4.69, 9.17) is 11.6 Å². The minimum absolute atomic E-state index is 0.320. The lowest BCUT2D eigenvalue weighted by Crippen LogP contribution is -2.49. The van der Waals surface area contributed by atoms with Crippen LogP contribution in [0.3, 0.4) is 0 Å². The average molecular weight is 307 g/mol. The Bertz CT molecular complexity index is 485. The smallest absolute Gasteiger partial charge is 0.368 e. The number of rotatable bonds is 3. The Labute approximate surface area is 119 Å². The SMILES string of the molecule is O=Cc1cc(Cl)ccc1N1CCN(CC(F)(F)F)CC1. The molecule has 1 heterocycles. The maximum Gasteiger partial charge on any atom is 0.401 e. The Hall–Kier alpha value is -1.27. The van der Waals surface area contributed by atoms with Crippen molar-refractivity contribution in [2.45, 2.75) is 6.18 Å². The van der Waals surface area contributed by atoms with Crippen molar-refractivity contribution < 1.29 is 18.0 Å². The first-order valence-electron chi connectivity index (χ1n) is 6.18. The quantitative estimate of drug-likeness (QED) is 0.802. The van der Waals surface area contributed by atoms with Crippen molar-refractivity contribution in [2.75, 3.05) is 37.6 Å². The molecule has 0 amide bonds. The molecule has 2 rings (SSSR count). The van der Waals surface area contributed by atoms with Crippen LogP contribution >= 0.6 is 11.6 Å². The van der Waals surface area contributed by atoms with E-state index in [1.54, 1.807) is 18.2 Å². The van der Waals surface area contributed by atoms with E-state index in [0.717, 1.165) is 5.69 Å². The fraction of sp³-hybridized carbons (Fsp3) is 0.462. The van der Waals surface area contributed by atoms with E-state index >= 15 is 0 Å². The number of piperazine rings is 1. The highest BCUT2D eigenvalue weighted by Gasteiger charge is 2.32. The Balaban J connectivity index is 2.02. The highest BCUT2D eigenvalue weighted by atomic mass is 35.5. The van der Waals surface area contributed by atoms with Crippen molar-refractivity contribution in [3.05, 3.63) is 28.8 Å². The molecule has 0 spiro atoms. The van der Waals surface area contributed by atoms with Gasteiger partial charge < -0.3 is 4.90 Å². The van der Waals surface area contributed by atoms with Crippen LogP contribution in [0.2, 0.25) is 5.02 Å². The van der Waals surface area contributed by atoms with E-state index in [1.165, 1.54) is 4.90 Å². The van der Waals surface area contributed by atoms with Crippen LogP contribution in [0.15, 0.2) is 18.2 Å². The largest absolute Gasteiger partial charge is 0.401 e. The van der Waals surface area contributed by atoms with Crippen molar-refractivity contribution >= 4 is 23.6 Å². The number of nitrogens with zero attached hydrogens (tertiary/aromatic N) is 2. The number of anilines is 1. The van der Waals surface area contributed by atoms with Crippen LogP contribution in [0, 0.1) is 0 Å². The number of carbonyl (C=O) groups excluding carboxylic acids is 1. The Morgan fingerprint density at radius 3 is 2.40 bits per heavy atom. The summed E-state index contributed by atoms with van der Waals surface area (Å²) in [6.45, 7) is 0.667. The first kappa shape index (κ1) is 15.1. The number of carbonyl (C=O) groups is 1. The molecular formula is C13H14ClF3N2O. The van der Waals surface area contributed by atoms with Crippen LogP contribution in [0.4, 0.5) is 18.9 Å². The monoisotopic (exact) mass is 306 g/mol. The zero-order valence-corrected chi connectivity index (χ0v) is 11.4. The lowest BCUT2D eigenvalue weighted by molar-refractivity contribution is -0.146. The Kier molecular flexibility index (Phi) is 4.55. The molecule has 1 aromatic rings. The van der Waals surface area contributed by atoms with Crippen LogP contribution in [-0.4, -0.2) is 50.1 Å². The molecule has 0 N–H and O–H groups in total. The fourth-order valence-corrected chi connectivity index (χ4v) is 2.49. The molecule has 0 saturated carbocycles. The normalized spacial score (nSPS) is 17.3. The van der Waals surface area contributed by atoms with E-state index in [-0.39, 0.29) is 0 Å². The number of alkyl halides is 3. The van der Waals surface area contributed by atoms with Crippen molar-refractivity contribution in [1.82, 2.24) is 4.90 Å². The molecular weight excluding hydrogens is 293 g/mol. The minimum atomic E-state index is -4.17. The van der Waals surface area contributed by atoms with Gasteiger partial charge in [0.2, 0.25) is 0 Å². The second-order valence-corrected chi connectivity index (χ2v) is 5.14. The van der Waals surface area contributed by atoms with Gasteiger partial charge in [-0.25, -0.2) is 0 Å². The van der Waals surface area contributed by atoms with Crippen LogP contribution < -0.4 is 4.90 Å². The summed E-state index contributed by atoms with van der Waals surface area (Å²) in [4.78, 5) is 14.3. The molecule has 0 radical (unpaired) electrons. The fourth-order valence-electron chi connectivity index (χ4n) is 2.31. The second kappa shape index (κ2) is 6.01. The Morgan fingerprint density at radius 1 is 1.20 bits per heavy atom. The highest BCUT2D eigenvalue weighted by Crippen LogP contribution is 2.25. The summed E-state index contributed by atoms with van der Waals surface area (Å²) in [7, 11) is 0. The summed E-state index contributed by atoms with van der Waals surface area (Å²) in [6, 6.07) is 4.96. The third-order valence-corrected chi connectivity index (χ3v) is 3.47. The molecule has 1 aliphatic rings. The van der Waals surface area contributed by atoms with Gasteiger partial charge in [0.15, 0.2) is 6.29 Å². The summed E-state index contributed by atoms with van der Waals surface area (Å²) < 4.78 is 36.9. The molecule has 1 saturated heterocycles. The van der Waals surface area contributed by atoms with E-state index in [9.17, 15) is 18.0 Å². The summed E-state index contributed by atoms with van der Waals surface area (Å²) in [5.74, 6) is 0. The molecule has 0 atom stereocenters. The van der Waals surface area contributed by atoms with Gasteiger partial charge >= 0.3 is 6.18 Å². The lowest BCUT2D eigenvalue weighted by Gasteiger charge is -2.36. The number of hydrogen-bond acceptors (Lipinski definition) is 3. The topological polar surface area (TPSA) is 23.6 Å². The van der Waals surface area contributed by atoms with Gasteiger partial charge in [-0.05, 0) is 18.2 Å². The van der Waals surface area contributed by atoms with E-state index < -0.39 is 12.7 Å². The van der Waals surface area contributed by atoms with Gasteiger partial charge in [-0.15, -0.1) is 0 Å². The van der Waals surface area contributed by atoms with Gasteiger partial charge in [-0.2, -0.15) is 13.2 Å². The van der Waals surface area contributed by atoms with E-state index in [2.05, 4.69) is 0 Å². The molecule has 110 valence electrons. The number of halogens is 4. The zero-order chi connectivity index (χ0) is 14.8. The zero-order valence-electron chi connectivity index (χ0n) is 10.7. The molecule has 7 heteroatoms. The third-order valence-electron chi connectivity index (χ3n) is 3.23. The maximum atomic E-state index is 12.3. The summed E-state index contributed by atoms with van der Waals surface area (Å²) in [6.07, 6.45) is -3.46. The summed E-state index contributed by atoms with van der Waals surface area (Å²) >= 11 is 5.82. The van der Waals surface area contributed by atoms with Crippen molar-refractivity contribution in [3.63, 3.8) is 0 Å². The highest BCUT2D eigenvalue weighted by molar-refractivity contribution is 6.31. The van der Waals surface area contributed by atoms with Crippen LogP contribution in [-0.2, 0) is 0 Å². The molecule has 20 heavy (non-hydrogen) atoms. The van der Waals surface area contributed by atoms with Gasteiger partial charge in [0, 0.05) is 42.5 Å². The standard InChI is InChI=1S/C13H14ClF3N2O/c14-11-1-2-12(10(7-11)8-20)19-5-3-18(4-6-19)9-13(15,16)17/h1-2,7-8H,3-6,9H2. The first-order chi connectivity index (χ1) is 9.39. The molecule has 3 nitrogen and oxygen atoms in total. The predicted octanol–water partition coefficient (Wildman–Crippen LogP) is 2.84. The van der Waals surface area contributed by atoms with Crippen molar-refractivity contribution in [1.29, 1.82) is 0 Å². The first-order valence-corrected chi connectivity index (χ1v) is 6.55. The van der Waals surface area contributed by atoms with Crippen LogP contribution in [0.5, 0.6) is 0 Å². The van der Waals surface area contributed by atoms with Crippen molar-refractivity contribution in [3.8, 4) is 0 Å². The van der Waals surface area contributed by atoms with Gasteiger partial charge in [-0.1, -0.05) is 11.6 Å². The Morgan fingerprint density at radius 2 is 1.85 bits per heavy atom. The molecule has 0 unspecified atom stereocenters. The summed E-state index contributed by atoms with van der Waals surface area (Å²) in [5.41, 5.74) is 1.18. The van der Waals surface area contributed by atoms with E-state index in [0.29, 0.717) is 43.1 Å². The summed E-state index contributed by atoms with van der Waals surface area (Å²) in [5, 5.41) is 0.464. The molecule has 0 aliphatic carbocycles. The molecule has 1 aromatic carbocycles. The number of benzene rings is 1. The van der Waals surface area contributed by atoms with Gasteiger partial charge in [-0.3, -0.25) is 9.69 Å². The van der Waals surface area contributed by atoms with Gasteiger partial charge in [0.05, 0.1) is 6.54 Å². The molecule has 0 bridgehead atoms. The molecule has 1 aliphatic heterocycles. The van der Waals surface area contributed by atoms with Crippen LogP contribution in [0.1, 0.15) is 10.4 Å². The third kappa shape index (κ3) is 3.86. The minimum Gasteiger partial charge on any atom is -0.368 e. The molecule has 0 aromatic heterocycles. The van der Waals surface area contributed by atoms with Gasteiger partial charge in [0.1, 0.15) is 0 Å². The predicted molar refractivity (Wildman–Crippen MR) is 71.5 cm³/mol. The average Bonchev–Trinajstić information content (AvgIpc) is 2.38. The van der Waals surface area contributed by atoms with Crippen molar-refractivity contribution in [2.24, 2.45) is 0 Å². The van der Waals surface area contributed by atoms with Gasteiger partial charge in [0.25, 0.3) is 0 Å². The second-order valence-electron chi connectivity index (χ2n) is 4.70. The number of aldehydes is 1. The lowest BCUT2D eigenvalue weighted by atomic mass is 10.1. The maximum absolute atomic E-state index is 12.3. The van der Waals surface area contributed by atoms with Crippen LogP contribution in [0.25, 0.3) is 0 Å². The number of hydrogen-bond donors (Lipinski definition) is 0. The molecule has 1 fully saturated rings. The van der Waals surface area contributed by atoms with E-state index in [1.807, 2.05) is 4.90 Å².